The van der Waals surface area contributed by atoms with Crippen molar-refractivity contribution in [3.8, 4) is 22.5 Å². The maximum atomic E-state index is 12.4. The Morgan fingerprint density at radius 3 is 2.61 bits per heavy atom. The Morgan fingerprint density at radius 1 is 1.11 bits per heavy atom. The van der Waals surface area contributed by atoms with E-state index in [-0.39, 0.29) is 5.69 Å². The first-order chi connectivity index (χ1) is 13.7. The number of aromatic amines is 1. The fourth-order valence-electron chi connectivity index (χ4n) is 3.34. The van der Waals surface area contributed by atoms with E-state index in [1.54, 1.807) is 16.2 Å². The molecule has 1 N–H and O–H groups in total. The largest absolute Gasteiger partial charge is 0.328 e. The van der Waals surface area contributed by atoms with Gasteiger partial charge in [0.15, 0.2) is 5.82 Å². The SMILES string of the molecule is CCCc1cn(C)c(=O)n1Cc1ccc(-c2ccccc2-c2nnn[nH]2)cn1. The van der Waals surface area contributed by atoms with Crippen LogP contribution in [0, 0.1) is 0 Å². The zero-order chi connectivity index (χ0) is 19.5. The van der Waals surface area contributed by atoms with Crippen molar-refractivity contribution in [3.63, 3.8) is 0 Å². The molecule has 0 saturated carbocycles. The molecule has 8 nitrogen and oxygen atoms in total. The minimum absolute atomic E-state index is 0.0162. The quantitative estimate of drug-likeness (QED) is 0.558. The van der Waals surface area contributed by atoms with E-state index in [0.717, 1.165) is 40.9 Å². The number of hydrogen-bond donors (Lipinski definition) is 1. The molecule has 142 valence electrons. The minimum atomic E-state index is -0.0162. The van der Waals surface area contributed by atoms with Gasteiger partial charge in [-0.25, -0.2) is 9.89 Å². The summed E-state index contributed by atoms with van der Waals surface area (Å²) in [6.45, 7) is 2.57. The fraction of sp³-hybridized carbons (Fsp3) is 0.250. The first-order valence-corrected chi connectivity index (χ1v) is 9.21. The van der Waals surface area contributed by atoms with Crippen molar-refractivity contribution in [1.29, 1.82) is 0 Å². The van der Waals surface area contributed by atoms with Crippen LogP contribution in [0.1, 0.15) is 24.7 Å². The van der Waals surface area contributed by atoms with E-state index in [2.05, 4.69) is 32.5 Å². The van der Waals surface area contributed by atoms with Crippen molar-refractivity contribution >= 4 is 0 Å². The predicted octanol–water partition coefficient (Wildman–Crippen LogP) is 2.43. The highest BCUT2D eigenvalue weighted by Crippen LogP contribution is 2.29. The molecule has 0 saturated heterocycles. The maximum Gasteiger partial charge on any atom is 0.328 e. The lowest BCUT2D eigenvalue weighted by Crippen LogP contribution is -2.24. The molecule has 0 amide bonds. The van der Waals surface area contributed by atoms with E-state index in [9.17, 15) is 4.79 Å². The highest BCUT2D eigenvalue weighted by molar-refractivity contribution is 5.79. The van der Waals surface area contributed by atoms with E-state index in [1.807, 2.05) is 48.8 Å². The van der Waals surface area contributed by atoms with Crippen LogP contribution in [0.2, 0.25) is 0 Å². The number of tetrazole rings is 1. The zero-order valence-corrected chi connectivity index (χ0v) is 15.8. The minimum Gasteiger partial charge on any atom is -0.302 e. The van der Waals surface area contributed by atoms with Crippen molar-refractivity contribution < 1.29 is 0 Å². The Kier molecular flexibility index (Phi) is 4.84. The van der Waals surface area contributed by atoms with Crippen LogP contribution >= 0.6 is 0 Å². The molecule has 0 aliphatic rings. The average Bonchev–Trinajstić information content (AvgIpc) is 3.34. The number of nitrogens with zero attached hydrogens (tertiary/aromatic N) is 6. The second-order valence-corrected chi connectivity index (χ2v) is 6.68. The standard InChI is InChI=1S/C20H21N7O/c1-3-6-16-13-26(2)20(28)27(16)12-15-10-9-14(11-21-15)17-7-4-5-8-18(17)19-22-24-25-23-19/h4-5,7-11,13H,3,6,12H2,1-2H3,(H,22,23,24,25). The molecule has 0 unspecified atom stereocenters. The third-order valence-electron chi connectivity index (χ3n) is 4.71. The number of nitrogens with one attached hydrogen (secondary N) is 1. The van der Waals surface area contributed by atoms with Crippen LogP contribution < -0.4 is 5.69 Å². The number of imidazole rings is 1. The summed E-state index contributed by atoms with van der Waals surface area (Å²) < 4.78 is 3.42. The van der Waals surface area contributed by atoms with Crippen LogP contribution in [0.5, 0.6) is 0 Å². The van der Waals surface area contributed by atoms with Gasteiger partial charge in [0.05, 0.1) is 12.2 Å². The lowest BCUT2D eigenvalue weighted by Gasteiger charge is -2.09. The molecule has 3 heterocycles. The van der Waals surface area contributed by atoms with Gasteiger partial charge in [0, 0.05) is 36.3 Å². The molecule has 0 aliphatic heterocycles. The Labute approximate surface area is 161 Å². The number of benzene rings is 1. The first-order valence-electron chi connectivity index (χ1n) is 9.21. The summed E-state index contributed by atoms with van der Waals surface area (Å²) in [5, 5.41) is 14.1. The summed E-state index contributed by atoms with van der Waals surface area (Å²) >= 11 is 0. The average molecular weight is 375 g/mol. The van der Waals surface area contributed by atoms with Gasteiger partial charge in [0.25, 0.3) is 0 Å². The van der Waals surface area contributed by atoms with Crippen molar-refractivity contribution in [1.82, 2.24) is 34.7 Å². The molecule has 0 bridgehead atoms. The number of H-pyrrole nitrogens is 1. The summed E-state index contributed by atoms with van der Waals surface area (Å²) in [5.74, 6) is 0.611. The smallest absolute Gasteiger partial charge is 0.302 e. The lowest BCUT2D eigenvalue weighted by atomic mass is 10.0. The molecular formula is C20H21N7O. The molecule has 4 aromatic rings. The molecule has 3 aromatic heterocycles. The molecule has 0 radical (unpaired) electrons. The normalized spacial score (nSPS) is 11.1. The molecule has 1 aromatic carbocycles. The number of pyridine rings is 1. The van der Waals surface area contributed by atoms with Crippen molar-refractivity contribution in [2.45, 2.75) is 26.3 Å². The molecule has 4 rings (SSSR count). The first kappa shape index (κ1) is 17.8. The van der Waals surface area contributed by atoms with Crippen LogP contribution in [0.15, 0.2) is 53.6 Å². The molecule has 0 fully saturated rings. The van der Waals surface area contributed by atoms with Gasteiger partial charge in [-0.2, -0.15) is 0 Å². The van der Waals surface area contributed by atoms with Crippen LogP contribution in [0.25, 0.3) is 22.5 Å². The van der Waals surface area contributed by atoms with E-state index >= 15 is 0 Å². The van der Waals surface area contributed by atoms with Crippen molar-refractivity contribution in [3.05, 3.63) is 70.7 Å². The number of aromatic nitrogens is 7. The summed E-state index contributed by atoms with van der Waals surface area (Å²) in [5.41, 5.74) is 4.72. The summed E-state index contributed by atoms with van der Waals surface area (Å²) in [7, 11) is 1.78. The van der Waals surface area contributed by atoms with Gasteiger partial charge in [-0.3, -0.25) is 9.55 Å². The Balaban J connectivity index is 1.64. The van der Waals surface area contributed by atoms with Gasteiger partial charge in [0.2, 0.25) is 0 Å². The van der Waals surface area contributed by atoms with Gasteiger partial charge in [-0.15, -0.1) is 5.10 Å². The third-order valence-corrected chi connectivity index (χ3v) is 4.71. The van der Waals surface area contributed by atoms with Gasteiger partial charge >= 0.3 is 5.69 Å². The topological polar surface area (TPSA) is 94.3 Å². The van der Waals surface area contributed by atoms with Crippen molar-refractivity contribution in [2.75, 3.05) is 0 Å². The number of aryl methyl sites for hydroxylation is 2. The number of rotatable bonds is 6. The van der Waals surface area contributed by atoms with E-state index in [0.29, 0.717) is 12.4 Å². The summed E-state index contributed by atoms with van der Waals surface area (Å²) in [6.07, 6.45) is 5.59. The van der Waals surface area contributed by atoms with Crippen molar-refractivity contribution in [2.24, 2.45) is 7.05 Å². The second kappa shape index (κ2) is 7.59. The molecular weight excluding hydrogens is 354 g/mol. The predicted molar refractivity (Wildman–Crippen MR) is 106 cm³/mol. The molecule has 0 atom stereocenters. The van der Waals surface area contributed by atoms with Gasteiger partial charge < -0.3 is 4.57 Å². The van der Waals surface area contributed by atoms with Crippen LogP contribution in [-0.2, 0) is 20.0 Å². The molecule has 0 spiro atoms. The van der Waals surface area contributed by atoms with Gasteiger partial charge in [0.1, 0.15) is 0 Å². The number of hydrogen-bond acceptors (Lipinski definition) is 5. The van der Waals surface area contributed by atoms with Gasteiger partial charge in [-0.1, -0.05) is 43.7 Å². The molecule has 8 heteroatoms. The zero-order valence-electron chi connectivity index (χ0n) is 15.8. The Morgan fingerprint density at radius 2 is 1.93 bits per heavy atom. The van der Waals surface area contributed by atoms with Gasteiger partial charge in [-0.05, 0) is 28.5 Å². The third kappa shape index (κ3) is 3.36. The van der Waals surface area contributed by atoms with Crippen LogP contribution in [0.4, 0.5) is 0 Å². The van der Waals surface area contributed by atoms with Crippen LogP contribution in [-0.4, -0.2) is 34.7 Å². The second-order valence-electron chi connectivity index (χ2n) is 6.68. The Bertz CT molecular complexity index is 1120. The summed E-state index contributed by atoms with van der Waals surface area (Å²) in [4.78, 5) is 17.0. The monoisotopic (exact) mass is 375 g/mol. The Hall–Kier alpha value is -3.55. The van der Waals surface area contributed by atoms with E-state index in [1.165, 1.54) is 0 Å². The van der Waals surface area contributed by atoms with Crippen LogP contribution in [0.3, 0.4) is 0 Å². The highest BCUT2D eigenvalue weighted by Gasteiger charge is 2.12. The van der Waals surface area contributed by atoms with E-state index < -0.39 is 0 Å². The maximum absolute atomic E-state index is 12.4. The van der Waals surface area contributed by atoms with E-state index in [4.69, 9.17) is 0 Å². The molecule has 28 heavy (non-hydrogen) atoms. The molecule has 0 aliphatic carbocycles. The fourth-order valence-corrected chi connectivity index (χ4v) is 3.34. The lowest BCUT2D eigenvalue weighted by molar-refractivity contribution is 0.670. The summed E-state index contributed by atoms with van der Waals surface area (Å²) in [6, 6.07) is 11.9. The highest BCUT2D eigenvalue weighted by atomic mass is 16.1.